The molecule has 9 nitrogen and oxygen atoms in total. The summed E-state index contributed by atoms with van der Waals surface area (Å²) in [5.74, 6) is -0.479. The summed E-state index contributed by atoms with van der Waals surface area (Å²) in [7, 11) is 0. The van der Waals surface area contributed by atoms with E-state index in [2.05, 4.69) is 10.6 Å². The standard InChI is InChI=1S/C22H29N5O4/c1-15-3-7-17(8-4-15)23-18(28)13-25-9-11-26(12-10-25)19(29)14-27-20(30)22(2,16-5-6-16)24-21(27)31/h3-4,7-8,16H,5-6,9-14H2,1-2H3,(H,23,28)(H,24,31)/t22-/m0/s1. The molecule has 0 aromatic heterocycles. The maximum atomic E-state index is 12.7. The molecule has 2 heterocycles. The number of nitrogens with one attached hydrogen (secondary N) is 2. The van der Waals surface area contributed by atoms with Crippen LogP contribution in [-0.4, -0.2) is 83.3 Å². The molecular formula is C22H29N5O4. The van der Waals surface area contributed by atoms with Gasteiger partial charge >= 0.3 is 6.03 Å². The predicted octanol–water partition coefficient (Wildman–Crippen LogP) is 0.798. The summed E-state index contributed by atoms with van der Waals surface area (Å²) in [5.41, 5.74) is 1.01. The van der Waals surface area contributed by atoms with Crippen LogP contribution in [0.2, 0.25) is 0 Å². The molecule has 31 heavy (non-hydrogen) atoms. The minimum absolute atomic E-state index is 0.0951. The van der Waals surface area contributed by atoms with E-state index in [0.717, 1.165) is 29.0 Å². The SMILES string of the molecule is Cc1ccc(NC(=O)CN2CCN(C(=O)CN3C(=O)N[C@@](C)(C4CC4)C3=O)CC2)cc1. The third kappa shape index (κ3) is 4.56. The number of piperazine rings is 1. The third-order valence-corrected chi connectivity index (χ3v) is 6.42. The minimum atomic E-state index is -0.874. The number of hydrogen-bond donors (Lipinski definition) is 2. The molecule has 2 aliphatic heterocycles. The molecule has 166 valence electrons. The highest BCUT2D eigenvalue weighted by atomic mass is 16.2. The summed E-state index contributed by atoms with van der Waals surface area (Å²) < 4.78 is 0. The van der Waals surface area contributed by atoms with Crippen LogP contribution in [0.1, 0.15) is 25.3 Å². The van der Waals surface area contributed by atoms with Crippen molar-refractivity contribution in [3.8, 4) is 0 Å². The number of amides is 5. The van der Waals surface area contributed by atoms with E-state index in [0.29, 0.717) is 26.2 Å². The van der Waals surface area contributed by atoms with Crippen LogP contribution in [0.5, 0.6) is 0 Å². The fourth-order valence-electron chi connectivity index (χ4n) is 4.23. The van der Waals surface area contributed by atoms with Crippen LogP contribution >= 0.6 is 0 Å². The van der Waals surface area contributed by atoms with Crippen LogP contribution in [0.25, 0.3) is 0 Å². The van der Waals surface area contributed by atoms with Crippen molar-refractivity contribution in [1.82, 2.24) is 20.0 Å². The molecule has 1 atom stereocenters. The van der Waals surface area contributed by atoms with E-state index in [-0.39, 0.29) is 36.7 Å². The van der Waals surface area contributed by atoms with Crippen LogP contribution in [0.3, 0.4) is 0 Å². The van der Waals surface area contributed by atoms with Gasteiger partial charge in [0.1, 0.15) is 12.1 Å². The number of nitrogens with zero attached hydrogens (tertiary/aromatic N) is 3. The number of urea groups is 1. The summed E-state index contributed by atoms with van der Waals surface area (Å²) >= 11 is 0. The lowest BCUT2D eigenvalue weighted by atomic mass is 9.96. The average Bonchev–Trinajstić information content (AvgIpc) is 3.56. The van der Waals surface area contributed by atoms with Crippen LogP contribution in [0, 0.1) is 12.8 Å². The first-order chi connectivity index (χ1) is 14.8. The highest BCUT2D eigenvalue weighted by Gasteiger charge is 2.56. The van der Waals surface area contributed by atoms with Gasteiger partial charge in [0.05, 0.1) is 6.54 Å². The van der Waals surface area contributed by atoms with E-state index < -0.39 is 11.6 Å². The van der Waals surface area contributed by atoms with Gasteiger partial charge in [-0.2, -0.15) is 0 Å². The molecule has 0 radical (unpaired) electrons. The van der Waals surface area contributed by atoms with Gasteiger partial charge in [0.25, 0.3) is 5.91 Å². The first kappa shape index (κ1) is 21.3. The minimum Gasteiger partial charge on any atom is -0.339 e. The van der Waals surface area contributed by atoms with Crippen molar-refractivity contribution in [2.24, 2.45) is 5.92 Å². The quantitative estimate of drug-likeness (QED) is 0.654. The van der Waals surface area contributed by atoms with Crippen molar-refractivity contribution in [2.75, 3.05) is 44.6 Å². The number of hydrogen-bond acceptors (Lipinski definition) is 5. The number of carbonyl (C=O) groups excluding carboxylic acids is 4. The van der Waals surface area contributed by atoms with E-state index in [1.165, 1.54) is 0 Å². The fourth-order valence-corrected chi connectivity index (χ4v) is 4.23. The Balaban J connectivity index is 1.23. The maximum Gasteiger partial charge on any atom is 0.325 e. The second-order valence-electron chi connectivity index (χ2n) is 8.87. The Morgan fingerprint density at radius 3 is 2.32 bits per heavy atom. The molecule has 1 aromatic carbocycles. The fraction of sp³-hybridized carbons (Fsp3) is 0.545. The molecule has 2 N–H and O–H groups in total. The van der Waals surface area contributed by atoms with E-state index >= 15 is 0 Å². The lowest BCUT2D eigenvalue weighted by molar-refractivity contribution is -0.140. The van der Waals surface area contributed by atoms with Gasteiger partial charge in [-0.15, -0.1) is 0 Å². The van der Waals surface area contributed by atoms with E-state index in [1.54, 1.807) is 11.8 Å². The maximum absolute atomic E-state index is 12.7. The summed E-state index contributed by atoms with van der Waals surface area (Å²) in [6.07, 6.45) is 1.84. The Labute approximate surface area is 181 Å². The second kappa shape index (κ2) is 8.30. The lowest BCUT2D eigenvalue weighted by Crippen LogP contribution is -2.53. The van der Waals surface area contributed by atoms with Crippen molar-refractivity contribution >= 4 is 29.4 Å². The first-order valence-electron chi connectivity index (χ1n) is 10.8. The summed E-state index contributed by atoms with van der Waals surface area (Å²) in [5, 5.41) is 5.65. The Kier molecular flexibility index (Phi) is 5.70. The van der Waals surface area contributed by atoms with Gasteiger partial charge in [-0.3, -0.25) is 24.2 Å². The molecule has 1 aromatic rings. The average molecular weight is 428 g/mol. The smallest absolute Gasteiger partial charge is 0.325 e. The number of benzene rings is 1. The molecule has 4 rings (SSSR count). The Hall–Kier alpha value is -2.94. The molecule has 3 fully saturated rings. The van der Waals surface area contributed by atoms with E-state index in [9.17, 15) is 19.2 Å². The first-order valence-corrected chi connectivity index (χ1v) is 10.8. The van der Waals surface area contributed by atoms with Gasteiger partial charge in [-0.05, 0) is 44.7 Å². The van der Waals surface area contributed by atoms with Gasteiger partial charge in [0, 0.05) is 31.9 Å². The zero-order chi connectivity index (χ0) is 22.2. The Bertz CT molecular complexity index is 890. The van der Waals surface area contributed by atoms with Crippen molar-refractivity contribution < 1.29 is 19.2 Å². The van der Waals surface area contributed by atoms with Crippen LogP contribution in [0.15, 0.2) is 24.3 Å². The zero-order valence-corrected chi connectivity index (χ0v) is 18.0. The van der Waals surface area contributed by atoms with Crippen LogP contribution < -0.4 is 10.6 Å². The van der Waals surface area contributed by atoms with Crippen LogP contribution in [-0.2, 0) is 14.4 Å². The normalized spacial score (nSPS) is 24.3. The van der Waals surface area contributed by atoms with Crippen molar-refractivity contribution in [3.63, 3.8) is 0 Å². The molecule has 2 saturated heterocycles. The van der Waals surface area contributed by atoms with E-state index in [4.69, 9.17) is 0 Å². The molecule has 9 heteroatoms. The number of carbonyl (C=O) groups is 4. The molecule has 0 unspecified atom stereocenters. The summed E-state index contributed by atoms with van der Waals surface area (Å²) in [6.45, 7) is 5.80. The molecule has 1 aliphatic carbocycles. The van der Waals surface area contributed by atoms with E-state index in [1.807, 2.05) is 36.1 Å². The molecule has 1 saturated carbocycles. The van der Waals surface area contributed by atoms with Gasteiger partial charge < -0.3 is 15.5 Å². The molecular weight excluding hydrogens is 398 g/mol. The highest BCUT2D eigenvalue weighted by Crippen LogP contribution is 2.42. The monoisotopic (exact) mass is 427 g/mol. The molecule has 5 amide bonds. The number of aryl methyl sites for hydroxylation is 1. The highest BCUT2D eigenvalue weighted by molar-refractivity contribution is 6.09. The largest absolute Gasteiger partial charge is 0.339 e. The lowest BCUT2D eigenvalue weighted by Gasteiger charge is -2.34. The predicted molar refractivity (Wildman–Crippen MR) is 114 cm³/mol. The van der Waals surface area contributed by atoms with Crippen molar-refractivity contribution in [2.45, 2.75) is 32.2 Å². The van der Waals surface area contributed by atoms with Crippen LogP contribution in [0.4, 0.5) is 10.5 Å². The van der Waals surface area contributed by atoms with Gasteiger partial charge in [-0.25, -0.2) is 4.79 Å². The van der Waals surface area contributed by atoms with Gasteiger partial charge in [-0.1, -0.05) is 17.7 Å². The number of imide groups is 1. The topological polar surface area (TPSA) is 102 Å². The molecule has 0 bridgehead atoms. The zero-order valence-electron chi connectivity index (χ0n) is 18.0. The van der Waals surface area contributed by atoms with Crippen molar-refractivity contribution in [1.29, 1.82) is 0 Å². The number of anilines is 1. The van der Waals surface area contributed by atoms with Gasteiger partial charge in [0.15, 0.2) is 0 Å². The van der Waals surface area contributed by atoms with Crippen molar-refractivity contribution in [3.05, 3.63) is 29.8 Å². The Morgan fingerprint density at radius 1 is 1.06 bits per heavy atom. The van der Waals surface area contributed by atoms with Gasteiger partial charge in [0.2, 0.25) is 11.8 Å². The molecule has 0 spiro atoms. The third-order valence-electron chi connectivity index (χ3n) is 6.42. The Morgan fingerprint density at radius 2 is 1.71 bits per heavy atom. The second-order valence-corrected chi connectivity index (χ2v) is 8.87. The number of rotatable bonds is 6. The molecule has 3 aliphatic rings. The summed E-state index contributed by atoms with van der Waals surface area (Å²) in [4.78, 5) is 54.6. The summed E-state index contributed by atoms with van der Waals surface area (Å²) in [6, 6.07) is 7.14.